The molecule has 0 aliphatic heterocycles. The fourth-order valence-corrected chi connectivity index (χ4v) is 2.45. The summed E-state index contributed by atoms with van der Waals surface area (Å²) < 4.78 is 0. The van der Waals surface area contributed by atoms with E-state index in [2.05, 4.69) is 0 Å². The summed E-state index contributed by atoms with van der Waals surface area (Å²) in [6, 6.07) is 0. The Kier molecular flexibility index (Phi) is 1.72. The molecule has 3 unspecified atom stereocenters. The molecule has 2 saturated carbocycles. The number of carbonyl (C=O) groups excluding carboxylic acids is 1. The van der Waals surface area contributed by atoms with E-state index < -0.39 is 0 Å². The molecular formula is C9H14O2. The molecule has 0 aromatic heterocycles. The number of aliphatic hydroxyl groups excluding tert-OH is 1. The van der Waals surface area contributed by atoms with E-state index >= 15 is 0 Å². The molecule has 2 aliphatic carbocycles. The number of aliphatic hydroxyl groups is 1. The van der Waals surface area contributed by atoms with E-state index in [4.69, 9.17) is 0 Å². The SMILES string of the molecule is O=C1CCC2CC(O)CC1C2. The van der Waals surface area contributed by atoms with Crippen LogP contribution in [0.4, 0.5) is 0 Å². The van der Waals surface area contributed by atoms with Gasteiger partial charge >= 0.3 is 0 Å². The maximum Gasteiger partial charge on any atom is 0.136 e. The Morgan fingerprint density at radius 3 is 2.91 bits per heavy atom. The topological polar surface area (TPSA) is 37.3 Å². The molecule has 2 nitrogen and oxygen atoms in total. The van der Waals surface area contributed by atoms with Crippen LogP contribution in [0, 0.1) is 11.8 Å². The molecule has 2 fully saturated rings. The molecule has 0 saturated heterocycles. The summed E-state index contributed by atoms with van der Waals surface area (Å²) in [5.74, 6) is 1.24. The van der Waals surface area contributed by atoms with Crippen molar-refractivity contribution in [2.75, 3.05) is 0 Å². The Labute approximate surface area is 66.6 Å². The monoisotopic (exact) mass is 154 g/mol. The van der Waals surface area contributed by atoms with Gasteiger partial charge in [0, 0.05) is 12.3 Å². The first-order valence-corrected chi connectivity index (χ1v) is 4.46. The van der Waals surface area contributed by atoms with Crippen LogP contribution in [0.5, 0.6) is 0 Å². The standard InChI is InChI=1S/C9H14O2/c10-8-4-6-1-2-9(11)7(3-6)5-8/h6-8,10H,1-5H2. The third-order valence-electron chi connectivity index (χ3n) is 3.03. The third-order valence-corrected chi connectivity index (χ3v) is 3.03. The highest BCUT2D eigenvalue weighted by Gasteiger charge is 2.35. The molecule has 0 aromatic rings. The predicted molar refractivity (Wildman–Crippen MR) is 41.1 cm³/mol. The van der Waals surface area contributed by atoms with Crippen molar-refractivity contribution < 1.29 is 9.90 Å². The number of hydrogen-bond acceptors (Lipinski definition) is 2. The minimum absolute atomic E-state index is 0.192. The van der Waals surface area contributed by atoms with E-state index in [1.807, 2.05) is 0 Å². The molecule has 11 heavy (non-hydrogen) atoms. The van der Waals surface area contributed by atoms with Crippen LogP contribution in [0.2, 0.25) is 0 Å². The van der Waals surface area contributed by atoms with Crippen LogP contribution < -0.4 is 0 Å². The van der Waals surface area contributed by atoms with Crippen LogP contribution >= 0.6 is 0 Å². The van der Waals surface area contributed by atoms with Crippen molar-refractivity contribution in [3.05, 3.63) is 0 Å². The molecule has 0 aromatic carbocycles. The second kappa shape index (κ2) is 2.59. The zero-order valence-corrected chi connectivity index (χ0v) is 6.62. The molecule has 62 valence electrons. The third kappa shape index (κ3) is 1.32. The average Bonchev–Trinajstić information content (AvgIpc) is 1.97. The number of ketones is 1. The summed E-state index contributed by atoms with van der Waals surface area (Å²) in [7, 11) is 0. The molecular weight excluding hydrogens is 140 g/mol. The molecule has 0 heterocycles. The van der Waals surface area contributed by atoms with Gasteiger partial charge in [-0.3, -0.25) is 4.79 Å². The number of Topliss-reactive ketones (excluding diaryl/α,β-unsaturated/α-hetero) is 1. The highest BCUT2D eigenvalue weighted by Crippen LogP contribution is 2.37. The highest BCUT2D eigenvalue weighted by atomic mass is 16.3. The summed E-state index contributed by atoms with van der Waals surface area (Å²) in [5.41, 5.74) is 0. The zero-order valence-electron chi connectivity index (χ0n) is 6.62. The molecule has 0 spiro atoms. The maximum absolute atomic E-state index is 11.2. The summed E-state index contributed by atoms with van der Waals surface area (Å²) in [6.45, 7) is 0. The number of rotatable bonds is 0. The second-order valence-corrected chi connectivity index (χ2v) is 3.93. The van der Waals surface area contributed by atoms with Crippen LogP contribution in [0.25, 0.3) is 0 Å². The average molecular weight is 154 g/mol. The Balaban J connectivity index is 2.08. The van der Waals surface area contributed by atoms with Crippen LogP contribution in [0.3, 0.4) is 0 Å². The number of fused-ring (bicyclic) bond motifs is 2. The van der Waals surface area contributed by atoms with Gasteiger partial charge in [0.05, 0.1) is 6.10 Å². The normalized spacial score (nSPS) is 44.1. The molecule has 1 N–H and O–H groups in total. The van der Waals surface area contributed by atoms with Gasteiger partial charge in [-0.05, 0) is 31.6 Å². The maximum atomic E-state index is 11.2. The fourth-order valence-electron chi connectivity index (χ4n) is 2.45. The summed E-state index contributed by atoms with van der Waals surface area (Å²) in [5, 5.41) is 9.38. The van der Waals surface area contributed by atoms with Gasteiger partial charge in [-0.2, -0.15) is 0 Å². The van der Waals surface area contributed by atoms with Crippen molar-refractivity contribution in [3.63, 3.8) is 0 Å². The van der Waals surface area contributed by atoms with E-state index in [0.717, 1.165) is 32.1 Å². The van der Waals surface area contributed by atoms with Crippen molar-refractivity contribution in [2.45, 2.75) is 38.2 Å². The van der Waals surface area contributed by atoms with Gasteiger partial charge in [-0.1, -0.05) is 0 Å². The van der Waals surface area contributed by atoms with Crippen LogP contribution in [-0.2, 0) is 4.79 Å². The summed E-state index contributed by atoms with van der Waals surface area (Å²) >= 11 is 0. The first kappa shape index (κ1) is 7.29. The van der Waals surface area contributed by atoms with E-state index in [9.17, 15) is 9.90 Å². The second-order valence-electron chi connectivity index (χ2n) is 3.93. The van der Waals surface area contributed by atoms with Crippen molar-refractivity contribution in [1.29, 1.82) is 0 Å². The minimum atomic E-state index is -0.192. The van der Waals surface area contributed by atoms with Gasteiger partial charge in [-0.25, -0.2) is 0 Å². The number of hydrogen-bond donors (Lipinski definition) is 1. The van der Waals surface area contributed by atoms with Gasteiger partial charge in [0.2, 0.25) is 0 Å². The lowest BCUT2D eigenvalue weighted by Crippen LogP contribution is -2.35. The predicted octanol–water partition coefficient (Wildman–Crippen LogP) is 1.13. The smallest absolute Gasteiger partial charge is 0.136 e. The van der Waals surface area contributed by atoms with Crippen molar-refractivity contribution >= 4 is 5.78 Å². The molecule has 0 amide bonds. The highest BCUT2D eigenvalue weighted by molar-refractivity contribution is 5.81. The lowest BCUT2D eigenvalue weighted by molar-refractivity contribution is -0.129. The quantitative estimate of drug-likeness (QED) is 0.568. The largest absolute Gasteiger partial charge is 0.393 e. The lowest BCUT2D eigenvalue weighted by atomic mass is 9.70. The first-order valence-electron chi connectivity index (χ1n) is 4.46. The molecule has 2 rings (SSSR count). The zero-order chi connectivity index (χ0) is 7.84. The van der Waals surface area contributed by atoms with Gasteiger partial charge in [0.25, 0.3) is 0 Å². The molecule has 2 bridgehead atoms. The van der Waals surface area contributed by atoms with E-state index in [-0.39, 0.29) is 12.0 Å². The van der Waals surface area contributed by atoms with Gasteiger partial charge in [-0.15, -0.1) is 0 Å². The van der Waals surface area contributed by atoms with Gasteiger partial charge in [0.1, 0.15) is 5.78 Å². The van der Waals surface area contributed by atoms with Crippen LogP contribution in [0.1, 0.15) is 32.1 Å². The lowest BCUT2D eigenvalue weighted by Gasteiger charge is -2.35. The van der Waals surface area contributed by atoms with Gasteiger partial charge < -0.3 is 5.11 Å². The fraction of sp³-hybridized carbons (Fsp3) is 0.889. The van der Waals surface area contributed by atoms with Crippen LogP contribution in [-0.4, -0.2) is 17.0 Å². The minimum Gasteiger partial charge on any atom is -0.393 e. The number of carbonyl (C=O) groups is 1. The Bertz CT molecular complexity index is 174. The Morgan fingerprint density at radius 1 is 1.27 bits per heavy atom. The van der Waals surface area contributed by atoms with E-state index in [1.165, 1.54) is 0 Å². The molecule has 2 aliphatic rings. The molecule has 2 heteroatoms. The van der Waals surface area contributed by atoms with E-state index in [1.54, 1.807) is 0 Å². The Hall–Kier alpha value is -0.370. The van der Waals surface area contributed by atoms with Crippen molar-refractivity contribution in [3.8, 4) is 0 Å². The summed E-state index contributed by atoms with van der Waals surface area (Å²) in [6.07, 6.45) is 4.31. The Morgan fingerprint density at radius 2 is 2.09 bits per heavy atom. The first-order chi connectivity index (χ1) is 5.25. The van der Waals surface area contributed by atoms with Crippen molar-refractivity contribution in [1.82, 2.24) is 0 Å². The van der Waals surface area contributed by atoms with Crippen molar-refractivity contribution in [2.24, 2.45) is 11.8 Å². The van der Waals surface area contributed by atoms with Gasteiger partial charge in [0.15, 0.2) is 0 Å². The van der Waals surface area contributed by atoms with Crippen LogP contribution in [0.15, 0.2) is 0 Å². The summed E-state index contributed by atoms with van der Waals surface area (Å²) in [4.78, 5) is 11.2. The van der Waals surface area contributed by atoms with E-state index in [0.29, 0.717) is 11.7 Å². The molecule has 3 atom stereocenters. The molecule has 0 radical (unpaired) electrons.